The van der Waals surface area contributed by atoms with E-state index in [2.05, 4.69) is 15.9 Å². The summed E-state index contributed by atoms with van der Waals surface area (Å²) in [7, 11) is 0. The maximum Gasteiger partial charge on any atom is 0.167 e. The molecule has 6 heteroatoms. The van der Waals surface area contributed by atoms with Crippen molar-refractivity contribution >= 4 is 39.5 Å². The molecule has 0 atom stereocenters. The lowest BCUT2D eigenvalue weighted by Crippen LogP contribution is -2.15. The highest BCUT2D eigenvalue weighted by molar-refractivity contribution is 9.12. The van der Waals surface area contributed by atoms with E-state index in [4.69, 9.17) is 22.7 Å². The van der Waals surface area contributed by atoms with Crippen LogP contribution in [0.4, 0.5) is 4.39 Å². The summed E-state index contributed by atoms with van der Waals surface area (Å²) >= 11 is 8.52. The number of carbonyl (C=O) groups is 1. The molecule has 0 saturated carbocycles. The van der Waals surface area contributed by atoms with Gasteiger partial charge in [-0.1, -0.05) is 11.6 Å². The molecule has 0 saturated heterocycles. The minimum Gasteiger partial charge on any atom is -0.396 e. The van der Waals surface area contributed by atoms with Crippen molar-refractivity contribution in [1.82, 2.24) is 0 Å². The van der Waals surface area contributed by atoms with E-state index in [0.29, 0.717) is 10.8 Å². The van der Waals surface area contributed by atoms with Crippen LogP contribution in [0.1, 0.15) is 0 Å². The summed E-state index contributed by atoms with van der Waals surface area (Å²) in [4.78, 5) is 10.4. The first-order chi connectivity index (χ1) is 6.49. The van der Waals surface area contributed by atoms with Crippen molar-refractivity contribution < 1.29 is 9.18 Å². The van der Waals surface area contributed by atoms with E-state index in [1.54, 1.807) is 0 Å². The molecular formula is C8H5BrClFN2O. The molecule has 0 unspecified atom stereocenters. The Morgan fingerprint density at radius 3 is 2.79 bits per heavy atom. The van der Waals surface area contributed by atoms with E-state index >= 15 is 0 Å². The predicted molar refractivity (Wildman–Crippen MR) is 56.0 cm³/mol. The molecule has 0 radical (unpaired) electrons. The predicted octanol–water partition coefficient (Wildman–Crippen LogP) is 2.13. The second-order valence-corrected chi connectivity index (χ2v) is 3.74. The summed E-state index contributed by atoms with van der Waals surface area (Å²) in [6.45, 7) is 0. The SMILES string of the molecule is N=C1C(F)=C(Cl)C=C(Br)/C1=C(/N)C=O. The third-order valence-electron chi connectivity index (χ3n) is 1.59. The minimum atomic E-state index is -0.894. The van der Waals surface area contributed by atoms with Gasteiger partial charge in [-0.3, -0.25) is 10.2 Å². The molecule has 1 aliphatic rings. The molecular weight excluding hydrogens is 274 g/mol. The van der Waals surface area contributed by atoms with Gasteiger partial charge in [0, 0.05) is 10.1 Å². The molecule has 1 aliphatic carbocycles. The van der Waals surface area contributed by atoms with Crippen LogP contribution in [0.15, 0.2) is 32.7 Å². The fourth-order valence-electron chi connectivity index (χ4n) is 0.937. The van der Waals surface area contributed by atoms with Gasteiger partial charge in [-0.25, -0.2) is 4.39 Å². The Bertz CT molecular complexity index is 408. The van der Waals surface area contributed by atoms with Crippen LogP contribution in [-0.2, 0) is 4.79 Å². The molecule has 0 fully saturated rings. The Kier molecular flexibility index (Phi) is 3.23. The zero-order valence-corrected chi connectivity index (χ0v) is 9.12. The molecule has 0 aromatic rings. The number of aldehydes is 1. The van der Waals surface area contributed by atoms with E-state index in [0.717, 1.165) is 0 Å². The highest BCUT2D eigenvalue weighted by Crippen LogP contribution is 2.32. The van der Waals surface area contributed by atoms with Crippen LogP contribution in [0.5, 0.6) is 0 Å². The maximum atomic E-state index is 13.1. The van der Waals surface area contributed by atoms with Crippen LogP contribution in [-0.4, -0.2) is 12.0 Å². The van der Waals surface area contributed by atoms with Gasteiger partial charge in [0.1, 0.15) is 5.71 Å². The van der Waals surface area contributed by atoms with Crippen LogP contribution < -0.4 is 5.73 Å². The lowest BCUT2D eigenvalue weighted by atomic mass is 10.0. The third-order valence-corrected chi connectivity index (χ3v) is 2.49. The van der Waals surface area contributed by atoms with Gasteiger partial charge in [-0.2, -0.15) is 0 Å². The zero-order valence-electron chi connectivity index (χ0n) is 6.77. The van der Waals surface area contributed by atoms with E-state index in [9.17, 15) is 9.18 Å². The van der Waals surface area contributed by atoms with Crippen molar-refractivity contribution in [2.24, 2.45) is 5.73 Å². The monoisotopic (exact) mass is 278 g/mol. The smallest absolute Gasteiger partial charge is 0.167 e. The molecule has 74 valence electrons. The summed E-state index contributed by atoms with van der Waals surface area (Å²) in [5, 5.41) is 7.17. The van der Waals surface area contributed by atoms with E-state index < -0.39 is 11.5 Å². The number of carbonyl (C=O) groups excluding carboxylic acids is 1. The van der Waals surface area contributed by atoms with Crippen LogP contribution in [0.2, 0.25) is 0 Å². The summed E-state index contributed by atoms with van der Waals surface area (Å²) in [5.74, 6) is -0.894. The van der Waals surface area contributed by atoms with Gasteiger partial charge in [-0.05, 0) is 22.0 Å². The number of nitrogens with two attached hydrogens (primary N) is 1. The first-order valence-electron chi connectivity index (χ1n) is 3.46. The molecule has 1 rings (SSSR count). The second kappa shape index (κ2) is 4.06. The van der Waals surface area contributed by atoms with E-state index in [1.165, 1.54) is 6.08 Å². The van der Waals surface area contributed by atoms with E-state index in [-0.39, 0.29) is 16.3 Å². The first kappa shape index (κ1) is 11.1. The Hall–Kier alpha value is -0.940. The van der Waals surface area contributed by atoms with Gasteiger partial charge in [-0.15, -0.1) is 0 Å². The molecule has 0 aromatic heterocycles. The summed E-state index contributed by atoms with van der Waals surface area (Å²) in [6.07, 6.45) is 1.60. The number of nitrogens with one attached hydrogen (secondary N) is 1. The largest absolute Gasteiger partial charge is 0.396 e. The van der Waals surface area contributed by atoms with Gasteiger partial charge in [0.25, 0.3) is 0 Å². The molecule has 0 heterocycles. The lowest BCUT2D eigenvalue weighted by molar-refractivity contribution is -0.105. The van der Waals surface area contributed by atoms with Crippen LogP contribution in [0, 0.1) is 5.41 Å². The second-order valence-electron chi connectivity index (χ2n) is 2.48. The van der Waals surface area contributed by atoms with Crippen LogP contribution in [0.3, 0.4) is 0 Å². The van der Waals surface area contributed by atoms with Crippen LogP contribution in [0.25, 0.3) is 0 Å². The van der Waals surface area contributed by atoms with Crippen molar-refractivity contribution in [1.29, 1.82) is 5.41 Å². The quantitative estimate of drug-likeness (QED) is 0.570. The topological polar surface area (TPSA) is 66.9 Å². The number of hydrogen-bond acceptors (Lipinski definition) is 3. The molecule has 0 aromatic carbocycles. The number of allylic oxidation sites excluding steroid dienone is 6. The minimum absolute atomic E-state index is 0.0156. The van der Waals surface area contributed by atoms with Gasteiger partial charge in [0.2, 0.25) is 0 Å². The molecule has 0 spiro atoms. The van der Waals surface area contributed by atoms with Crippen molar-refractivity contribution in [3.63, 3.8) is 0 Å². The summed E-state index contributed by atoms with van der Waals surface area (Å²) in [5.41, 5.74) is 4.62. The Morgan fingerprint density at radius 1 is 1.71 bits per heavy atom. The fourth-order valence-corrected chi connectivity index (χ4v) is 1.93. The molecule has 0 aliphatic heterocycles. The Balaban J connectivity index is 3.38. The fraction of sp³-hybridized carbons (Fsp3) is 0. The highest BCUT2D eigenvalue weighted by atomic mass is 79.9. The molecule has 0 amide bonds. The Morgan fingerprint density at radius 2 is 2.29 bits per heavy atom. The molecule has 0 bridgehead atoms. The van der Waals surface area contributed by atoms with Crippen molar-refractivity contribution in [2.75, 3.05) is 0 Å². The van der Waals surface area contributed by atoms with E-state index in [1.807, 2.05) is 0 Å². The average Bonchev–Trinajstić information content (AvgIpc) is 2.14. The molecule has 3 N–H and O–H groups in total. The summed E-state index contributed by atoms with van der Waals surface area (Å²) < 4.78 is 13.5. The van der Waals surface area contributed by atoms with Gasteiger partial charge >= 0.3 is 0 Å². The van der Waals surface area contributed by atoms with Crippen molar-refractivity contribution in [3.8, 4) is 0 Å². The lowest BCUT2D eigenvalue weighted by Gasteiger charge is -2.13. The van der Waals surface area contributed by atoms with Gasteiger partial charge in [0.15, 0.2) is 12.1 Å². The Labute approximate surface area is 92.7 Å². The number of halogens is 3. The van der Waals surface area contributed by atoms with Gasteiger partial charge in [0.05, 0.1) is 10.7 Å². The average molecular weight is 279 g/mol. The first-order valence-corrected chi connectivity index (χ1v) is 4.63. The maximum absolute atomic E-state index is 13.1. The number of rotatable bonds is 1. The summed E-state index contributed by atoms with van der Waals surface area (Å²) in [6, 6.07) is 0. The van der Waals surface area contributed by atoms with Crippen molar-refractivity contribution in [2.45, 2.75) is 0 Å². The normalized spacial score (nSPS) is 20.8. The highest BCUT2D eigenvalue weighted by Gasteiger charge is 2.23. The molecule has 14 heavy (non-hydrogen) atoms. The zero-order chi connectivity index (χ0) is 10.9. The van der Waals surface area contributed by atoms with Crippen molar-refractivity contribution in [3.05, 3.63) is 32.7 Å². The standard InChI is InChI=1S/C8H5BrClFN2O/c9-3-1-4(10)7(11)8(13)6(3)5(12)2-14/h1-2,13H,12H2/b6-5-,13-8?. The molecule has 3 nitrogen and oxygen atoms in total. The number of hydrogen-bond donors (Lipinski definition) is 2. The van der Waals surface area contributed by atoms with Gasteiger partial charge < -0.3 is 5.73 Å². The van der Waals surface area contributed by atoms with Crippen LogP contribution >= 0.6 is 27.5 Å². The third kappa shape index (κ3) is 1.78.